The summed E-state index contributed by atoms with van der Waals surface area (Å²) in [5.74, 6) is -1.13. The Labute approximate surface area is 173 Å². The molecule has 0 aliphatic carbocycles. The third kappa shape index (κ3) is 5.56. The van der Waals surface area contributed by atoms with Gasteiger partial charge in [-0.3, -0.25) is 9.59 Å². The zero-order valence-corrected chi connectivity index (χ0v) is 17.6. The van der Waals surface area contributed by atoms with E-state index in [4.69, 9.17) is 16.3 Å². The zero-order valence-electron chi connectivity index (χ0n) is 16.1. The van der Waals surface area contributed by atoms with Crippen LogP contribution in [-0.4, -0.2) is 30.9 Å². The molecule has 0 saturated carbocycles. The summed E-state index contributed by atoms with van der Waals surface area (Å²) in [7, 11) is 0. The van der Waals surface area contributed by atoms with Crippen molar-refractivity contribution in [2.45, 2.75) is 33.6 Å². The van der Waals surface area contributed by atoms with Crippen molar-refractivity contribution in [2.75, 3.05) is 18.5 Å². The Hall–Kier alpha value is -2.38. The number of nitrogens with one attached hydrogen (secondary N) is 2. The molecule has 28 heavy (non-hydrogen) atoms. The number of amides is 2. The Morgan fingerprint density at radius 1 is 1.14 bits per heavy atom. The van der Waals surface area contributed by atoms with Crippen LogP contribution in [0.25, 0.3) is 0 Å². The van der Waals surface area contributed by atoms with Crippen molar-refractivity contribution in [1.82, 2.24) is 5.32 Å². The van der Waals surface area contributed by atoms with Crippen LogP contribution in [0.15, 0.2) is 24.3 Å². The SMILES string of the molecule is CCCNC(=O)c1sc(NC(=O)Cc2ccc(Cl)cc2)c(C(=O)OCC)c1C. The Balaban J connectivity index is 2.27. The van der Waals surface area contributed by atoms with E-state index in [2.05, 4.69) is 10.6 Å². The van der Waals surface area contributed by atoms with E-state index < -0.39 is 5.97 Å². The van der Waals surface area contributed by atoms with Gasteiger partial charge in [0, 0.05) is 11.6 Å². The van der Waals surface area contributed by atoms with Gasteiger partial charge in [-0.1, -0.05) is 30.7 Å². The van der Waals surface area contributed by atoms with E-state index >= 15 is 0 Å². The summed E-state index contributed by atoms with van der Waals surface area (Å²) in [6.45, 7) is 6.06. The summed E-state index contributed by atoms with van der Waals surface area (Å²) >= 11 is 6.94. The third-order valence-corrected chi connectivity index (χ3v) is 5.36. The van der Waals surface area contributed by atoms with Gasteiger partial charge in [0.15, 0.2) is 0 Å². The molecule has 2 N–H and O–H groups in total. The molecule has 8 heteroatoms. The molecule has 0 aliphatic rings. The number of ether oxygens (including phenoxy) is 1. The van der Waals surface area contributed by atoms with Gasteiger partial charge >= 0.3 is 5.97 Å². The minimum Gasteiger partial charge on any atom is -0.462 e. The zero-order chi connectivity index (χ0) is 20.7. The number of benzene rings is 1. The number of rotatable bonds is 8. The lowest BCUT2D eigenvalue weighted by Gasteiger charge is -2.07. The lowest BCUT2D eigenvalue weighted by Crippen LogP contribution is -2.23. The van der Waals surface area contributed by atoms with Crippen LogP contribution in [0.1, 0.15) is 51.4 Å². The maximum absolute atomic E-state index is 12.5. The number of halogens is 1. The van der Waals surface area contributed by atoms with Gasteiger partial charge in [-0.05, 0) is 43.5 Å². The summed E-state index contributed by atoms with van der Waals surface area (Å²) in [6.07, 6.45) is 0.916. The van der Waals surface area contributed by atoms with Crippen molar-refractivity contribution in [3.8, 4) is 0 Å². The van der Waals surface area contributed by atoms with E-state index in [9.17, 15) is 14.4 Å². The smallest absolute Gasteiger partial charge is 0.341 e. The van der Waals surface area contributed by atoms with E-state index in [1.54, 1.807) is 38.1 Å². The molecule has 0 saturated heterocycles. The molecular weight excluding hydrogens is 400 g/mol. The lowest BCUT2D eigenvalue weighted by atomic mass is 10.1. The van der Waals surface area contributed by atoms with Gasteiger partial charge in [0.1, 0.15) is 5.00 Å². The Morgan fingerprint density at radius 2 is 1.82 bits per heavy atom. The van der Waals surface area contributed by atoms with E-state index in [1.807, 2.05) is 6.92 Å². The standard InChI is InChI=1S/C20H23ClN2O4S/c1-4-10-22-18(25)17-12(3)16(20(26)27-5-2)19(28-17)23-15(24)11-13-6-8-14(21)9-7-13/h6-9H,4-5,10-11H2,1-3H3,(H,22,25)(H,23,24). The highest BCUT2D eigenvalue weighted by Crippen LogP contribution is 2.34. The van der Waals surface area contributed by atoms with Crippen molar-refractivity contribution in [1.29, 1.82) is 0 Å². The number of carbonyl (C=O) groups is 3. The highest BCUT2D eigenvalue weighted by atomic mass is 35.5. The summed E-state index contributed by atoms with van der Waals surface area (Å²) < 4.78 is 5.11. The van der Waals surface area contributed by atoms with Gasteiger partial charge in [-0.15, -0.1) is 11.3 Å². The van der Waals surface area contributed by atoms with Crippen molar-refractivity contribution < 1.29 is 19.1 Å². The monoisotopic (exact) mass is 422 g/mol. The van der Waals surface area contributed by atoms with E-state index in [1.165, 1.54) is 0 Å². The van der Waals surface area contributed by atoms with E-state index in [0.29, 0.717) is 27.0 Å². The second kappa shape index (κ2) is 10.2. The minimum atomic E-state index is -0.562. The number of carbonyl (C=O) groups excluding carboxylic acids is 3. The van der Waals surface area contributed by atoms with Crippen LogP contribution in [0.5, 0.6) is 0 Å². The fraction of sp³-hybridized carbons (Fsp3) is 0.350. The summed E-state index contributed by atoms with van der Waals surface area (Å²) in [5, 5.41) is 6.45. The number of hydrogen-bond donors (Lipinski definition) is 2. The quantitative estimate of drug-likeness (QED) is 0.624. The summed E-state index contributed by atoms with van der Waals surface area (Å²) in [4.78, 5) is 37.7. The van der Waals surface area contributed by atoms with Gasteiger partial charge in [0.05, 0.1) is 23.5 Å². The van der Waals surface area contributed by atoms with Gasteiger partial charge in [0.25, 0.3) is 5.91 Å². The fourth-order valence-electron chi connectivity index (χ4n) is 2.54. The molecule has 2 aromatic rings. The van der Waals surface area contributed by atoms with E-state index in [-0.39, 0.29) is 30.4 Å². The van der Waals surface area contributed by atoms with Crippen LogP contribution in [0, 0.1) is 6.92 Å². The molecule has 0 aliphatic heterocycles. The fourth-order valence-corrected chi connectivity index (χ4v) is 3.80. The highest BCUT2D eigenvalue weighted by molar-refractivity contribution is 7.18. The maximum Gasteiger partial charge on any atom is 0.341 e. The average molecular weight is 423 g/mol. The van der Waals surface area contributed by atoms with Crippen molar-refractivity contribution in [3.05, 3.63) is 50.9 Å². The molecule has 0 unspecified atom stereocenters. The lowest BCUT2D eigenvalue weighted by molar-refractivity contribution is -0.115. The van der Waals surface area contributed by atoms with Crippen molar-refractivity contribution >= 4 is 45.7 Å². The first-order valence-corrected chi connectivity index (χ1v) is 10.2. The normalized spacial score (nSPS) is 10.4. The van der Waals surface area contributed by atoms with Crippen LogP contribution in [0.4, 0.5) is 5.00 Å². The molecular formula is C20H23ClN2O4S. The Morgan fingerprint density at radius 3 is 2.43 bits per heavy atom. The topological polar surface area (TPSA) is 84.5 Å². The first-order chi connectivity index (χ1) is 13.4. The molecule has 2 rings (SSSR count). The Bertz CT molecular complexity index is 862. The first kappa shape index (κ1) is 21.9. The van der Waals surface area contributed by atoms with Crippen LogP contribution >= 0.6 is 22.9 Å². The maximum atomic E-state index is 12.5. The molecule has 6 nitrogen and oxygen atoms in total. The van der Waals surface area contributed by atoms with Crippen LogP contribution < -0.4 is 10.6 Å². The highest BCUT2D eigenvalue weighted by Gasteiger charge is 2.26. The second-order valence-corrected chi connectivity index (χ2v) is 7.55. The van der Waals surface area contributed by atoms with Crippen molar-refractivity contribution in [3.63, 3.8) is 0 Å². The van der Waals surface area contributed by atoms with Crippen LogP contribution in [-0.2, 0) is 16.0 Å². The molecule has 2 amide bonds. The predicted octanol–water partition coefficient (Wildman–Crippen LogP) is 4.21. The predicted molar refractivity (Wildman–Crippen MR) is 111 cm³/mol. The van der Waals surface area contributed by atoms with E-state index in [0.717, 1.165) is 23.3 Å². The molecule has 1 heterocycles. The molecule has 150 valence electrons. The molecule has 0 bridgehead atoms. The van der Waals surface area contributed by atoms with Gasteiger partial charge < -0.3 is 15.4 Å². The molecule has 0 spiro atoms. The first-order valence-electron chi connectivity index (χ1n) is 9.00. The van der Waals surface area contributed by atoms with Crippen LogP contribution in [0.2, 0.25) is 5.02 Å². The second-order valence-electron chi connectivity index (χ2n) is 6.09. The molecule has 1 aromatic carbocycles. The largest absolute Gasteiger partial charge is 0.462 e. The third-order valence-electron chi connectivity index (χ3n) is 3.90. The summed E-state index contributed by atoms with van der Waals surface area (Å²) in [5.41, 5.74) is 1.51. The number of esters is 1. The molecule has 1 aromatic heterocycles. The Kier molecular flexibility index (Phi) is 8.02. The summed E-state index contributed by atoms with van der Waals surface area (Å²) in [6, 6.07) is 6.94. The van der Waals surface area contributed by atoms with Gasteiger partial charge in [-0.2, -0.15) is 0 Å². The molecule has 0 fully saturated rings. The number of hydrogen-bond acceptors (Lipinski definition) is 5. The average Bonchev–Trinajstić information content (AvgIpc) is 2.97. The number of thiophene rings is 1. The minimum absolute atomic E-state index is 0.119. The van der Waals surface area contributed by atoms with Gasteiger partial charge in [0.2, 0.25) is 5.91 Å². The van der Waals surface area contributed by atoms with Crippen molar-refractivity contribution in [2.24, 2.45) is 0 Å². The molecule has 0 atom stereocenters. The number of anilines is 1. The van der Waals surface area contributed by atoms with Crippen LogP contribution in [0.3, 0.4) is 0 Å². The molecule has 0 radical (unpaired) electrons. The van der Waals surface area contributed by atoms with Gasteiger partial charge in [-0.25, -0.2) is 4.79 Å².